The molecule has 6 heterocycles. The molecule has 1 unspecified atom stereocenters. The van der Waals surface area contributed by atoms with Crippen LogP contribution in [0.3, 0.4) is 0 Å². The Morgan fingerprint density at radius 3 is 2.29 bits per heavy atom. The van der Waals surface area contributed by atoms with E-state index >= 15 is 0 Å². The molecule has 0 radical (unpaired) electrons. The van der Waals surface area contributed by atoms with Gasteiger partial charge in [-0.3, -0.25) is 29.4 Å². The highest BCUT2D eigenvalue weighted by Gasteiger charge is 2.39. The SMILES string of the molecule is COc1cc(-c2cn(C)c(=O)c3cnc(N4CCC4)cc23)cc(OC)c1CN1CCC(c2ccc3c(c2)C(=O)N(C2CCC(=O)NC2=O)C3)CC1. The van der Waals surface area contributed by atoms with Crippen molar-refractivity contribution in [1.29, 1.82) is 0 Å². The molecule has 0 aliphatic carbocycles. The Morgan fingerprint density at radius 2 is 1.63 bits per heavy atom. The number of anilines is 1. The number of fused-ring (bicyclic) bond motifs is 2. The summed E-state index contributed by atoms with van der Waals surface area (Å²) in [6.07, 6.45) is 7.18. The highest BCUT2D eigenvalue weighted by atomic mass is 16.5. The topological polar surface area (TPSA) is 126 Å². The van der Waals surface area contributed by atoms with Gasteiger partial charge in [-0.1, -0.05) is 12.1 Å². The maximum atomic E-state index is 13.4. The van der Waals surface area contributed by atoms with E-state index in [9.17, 15) is 19.2 Å². The number of likely N-dealkylation sites (tertiary alicyclic amines) is 1. The van der Waals surface area contributed by atoms with Crippen molar-refractivity contribution in [2.75, 3.05) is 45.3 Å². The van der Waals surface area contributed by atoms with Crippen LogP contribution in [0.1, 0.15) is 65.1 Å². The van der Waals surface area contributed by atoms with Gasteiger partial charge in [0, 0.05) is 68.6 Å². The lowest BCUT2D eigenvalue weighted by Gasteiger charge is -2.33. The molecule has 2 aromatic heterocycles. The van der Waals surface area contributed by atoms with Gasteiger partial charge in [0.1, 0.15) is 23.4 Å². The van der Waals surface area contributed by atoms with Crippen molar-refractivity contribution in [3.63, 3.8) is 0 Å². The van der Waals surface area contributed by atoms with Crippen LogP contribution in [0.2, 0.25) is 0 Å². The third-order valence-electron chi connectivity index (χ3n) is 11.1. The van der Waals surface area contributed by atoms with Crippen LogP contribution in [0.25, 0.3) is 21.9 Å². The van der Waals surface area contributed by atoms with Crippen molar-refractivity contribution in [2.45, 2.75) is 57.2 Å². The summed E-state index contributed by atoms with van der Waals surface area (Å²) in [6, 6.07) is 11.6. The third kappa shape index (κ3) is 5.90. The molecule has 12 heteroatoms. The van der Waals surface area contributed by atoms with Crippen molar-refractivity contribution in [3.8, 4) is 22.6 Å². The molecule has 8 rings (SSSR count). The third-order valence-corrected chi connectivity index (χ3v) is 11.1. The number of aryl methyl sites for hydroxylation is 1. The quantitative estimate of drug-likeness (QED) is 0.274. The van der Waals surface area contributed by atoms with Crippen LogP contribution < -0.4 is 25.2 Å². The normalized spacial score (nSPS) is 19.7. The fraction of sp³-hybridized carbons (Fsp3) is 0.410. The summed E-state index contributed by atoms with van der Waals surface area (Å²) in [5.74, 6) is 1.82. The molecule has 4 aliphatic heterocycles. The molecular formula is C39H42N6O6. The Labute approximate surface area is 295 Å². The van der Waals surface area contributed by atoms with Crippen molar-refractivity contribution in [3.05, 3.63) is 81.4 Å². The number of nitrogens with one attached hydrogen (secondary N) is 1. The highest BCUT2D eigenvalue weighted by Crippen LogP contribution is 2.40. The Bertz CT molecular complexity index is 2110. The Hall–Kier alpha value is -5.23. The number of rotatable bonds is 8. The van der Waals surface area contributed by atoms with Crippen LogP contribution in [0.15, 0.2) is 53.6 Å². The van der Waals surface area contributed by atoms with Gasteiger partial charge in [-0.2, -0.15) is 0 Å². The molecule has 4 aromatic rings. The average molecular weight is 691 g/mol. The molecule has 3 saturated heterocycles. The molecule has 12 nitrogen and oxygen atoms in total. The number of piperidine rings is 2. The molecular weight excluding hydrogens is 648 g/mol. The number of nitrogens with zero attached hydrogens (tertiary/aromatic N) is 5. The number of methoxy groups -OCH3 is 2. The predicted octanol–water partition coefficient (Wildman–Crippen LogP) is 3.97. The monoisotopic (exact) mass is 690 g/mol. The largest absolute Gasteiger partial charge is 0.496 e. The lowest BCUT2D eigenvalue weighted by atomic mass is 9.87. The number of ether oxygens (including phenoxy) is 2. The maximum absolute atomic E-state index is 13.4. The zero-order chi connectivity index (χ0) is 35.4. The minimum atomic E-state index is -0.613. The molecule has 0 bridgehead atoms. The van der Waals surface area contributed by atoms with Gasteiger partial charge in [0.2, 0.25) is 11.8 Å². The molecule has 0 saturated carbocycles. The maximum Gasteiger partial charge on any atom is 0.259 e. The average Bonchev–Trinajstić information content (AvgIpc) is 3.44. The number of carbonyl (C=O) groups is 3. The Morgan fingerprint density at radius 1 is 0.882 bits per heavy atom. The zero-order valence-electron chi connectivity index (χ0n) is 29.2. The molecule has 2 aromatic carbocycles. The van der Waals surface area contributed by atoms with E-state index < -0.39 is 11.9 Å². The van der Waals surface area contributed by atoms with Gasteiger partial charge in [-0.05, 0) is 85.6 Å². The Balaban J connectivity index is 0.994. The smallest absolute Gasteiger partial charge is 0.259 e. The summed E-state index contributed by atoms with van der Waals surface area (Å²) in [4.78, 5) is 61.4. The lowest BCUT2D eigenvalue weighted by molar-refractivity contribution is -0.136. The van der Waals surface area contributed by atoms with Crippen molar-refractivity contribution in [1.82, 2.24) is 24.7 Å². The molecule has 4 aliphatic rings. The number of hydrogen-bond acceptors (Lipinski definition) is 9. The molecule has 1 N–H and O–H groups in total. The number of amides is 3. The number of hydrogen-bond donors (Lipinski definition) is 1. The first kappa shape index (κ1) is 32.9. The fourth-order valence-electron chi connectivity index (χ4n) is 8.07. The molecule has 51 heavy (non-hydrogen) atoms. The van der Waals surface area contributed by atoms with Crippen LogP contribution in [0, 0.1) is 0 Å². The first-order chi connectivity index (χ1) is 24.7. The highest BCUT2D eigenvalue weighted by molar-refractivity contribution is 6.05. The number of carbonyl (C=O) groups excluding carboxylic acids is 3. The fourth-order valence-corrected chi connectivity index (χ4v) is 8.07. The second kappa shape index (κ2) is 13.1. The summed E-state index contributed by atoms with van der Waals surface area (Å²) in [5, 5.41) is 3.80. The first-order valence-electron chi connectivity index (χ1n) is 17.7. The minimum Gasteiger partial charge on any atom is -0.496 e. The second-order valence-electron chi connectivity index (χ2n) is 14.1. The van der Waals surface area contributed by atoms with Gasteiger partial charge < -0.3 is 23.8 Å². The summed E-state index contributed by atoms with van der Waals surface area (Å²) >= 11 is 0. The van der Waals surface area contributed by atoms with Gasteiger partial charge in [-0.15, -0.1) is 0 Å². The van der Waals surface area contributed by atoms with Gasteiger partial charge in [0.25, 0.3) is 11.5 Å². The Kier molecular flexibility index (Phi) is 8.49. The first-order valence-corrected chi connectivity index (χ1v) is 17.7. The summed E-state index contributed by atoms with van der Waals surface area (Å²) < 4.78 is 13.6. The number of aromatic nitrogens is 2. The molecule has 3 amide bonds. The standard InChI is InChI=1S/C39H42N6O6/c1-42-21-30(28-18-35(44-11-4-12-44)40-19-29(28)38(42)48)26-16-33(50-2)31(34(17-26)51-3)22-43-13-9-23(10-14-43)24-5-6-25-20-45(39(49)27(25)15-24)32-7-8-36(46)41-37(32)47/h5-6,15-19,21,23,32H,4,7-14,20,22H2,1-3H3,(H,41,46,47). The van der Waals surface area contributed by atoms with Gasteiger partial charge in [-0.25, -0.2) is 4.98 Å². The van der Waals surface area contributed by atoms with Crippen molar-refractivity contribution in [2.24, 2.45) is 7.05 Å². The zero-order valence-corrected chi connectivity index (χ0v) is 29.2. The number of pyridine rings is 2. The summed E-state index contributed by atoms with van der Waals surface area (Å²) in [7, 11) is 5.11. The van der Waals surface area contributed by atoms with Gasteiger partial charge in [0.15, 0.2) is 0 Å². The van der Waals surface area contributed by atoms with Crippen molar-refractivity contribution < 1.29 is 23.9 Å². The van der Waals surface area contributed by atoms with Gasteiger partial charge in [0.05, 0.1) is 25.2 Å². The van der Waals surface area contributed by atoms with Crippen LogP contribution in [-0.4, -0.2) is 83.5 Å². The number of imide groups is 1. The van der Waals surface area contributed by atoms with E-state index in [2.05, 4.69) is 26.2 Å². The van der Waals surface area contributed by atoms with Crippen LogP contribution in [0.5, 0.6) is 11.5 Å². The van der Waals surface area contributed by atoms with Crippen LogP contribution >= 0.6 is 0 Å². The van der Waals surface area contributed by atoms with Gasteiger partial charge >= 0.3 is 0 Å². The van der Waals surface area contributed by atoms with E-state index in [4.69, 9.17) is 9.47 Å². The molecule has 0 spiro atoms. The minimum absolute atomic E-state index is 0.0870. The van der Waals surface area contributed by atoms with E-state index in [0.29, 0.717) is 36.4 Å². The van der Waals surface area contributed by atoms with E-state index in [-0.39, 0.29) is 23.8 Å². The van der Waals surface area contributed by atoms with E-state index in [0.717, 1.165) is 96.0 Å². The van der Waals surface area contributed by atoms with Crippen LogP contribution in [0.4, 0.5) is 5.82 Å². The summed E-state index contributed by atoms with van der Waals surface area (Å²) in [6.45, 7) is 4.69. The molecule has 264 valence electrons. The predicted molar refractivity (Wildman–Crippen MR) is 192 cm³/mol. The molecule has 3 fully saturated rings. The summed E-state index contributed by atoms with van der Waals surface area (Å²) in [5.41, 5.74) is 5.42. The van der Waals surface area contributed by atoms with Crippen LogP contribution in [-0.2, 0) is 29.7 Å². The van der Waals surface area contributed by atoms with E-state index in [1.807, 2.05) is 36.5 Å². The van der Waals surface area contributed by atoms with E-state index in [1.165, 1.54) is 0 Å². The lowest BCUT2D eigenvalue weighted by Crippen LogP contribution is -2.52. The van der Waals surface area contributed by atoms with Crippen molar-refractivity contribution >= 4 is 34.3 Å². The van der Waals surface area contributed by atoms with E-state index in [1.54, 1.807) is 36.9 Å². The second-order valence-corrected chi connectivity index (χ2v) is 14.1. The molecule has 1 atom stereocenters. The number of benzene rings is 2.